The molecule has 4 heteroatoms. The third kappa shape index (κ3) is 4.81. The Morgan fingerprint density at radius 1 is 1.27 bits per heavy atom. The van der Waals surface area contributed by atoms with Crippen LogP contribution >= 0.6 is 0 Å². The Morgan fingerprint density at radius 3 is 2.20 bits per heavy atom. The molecule has 0 aromatic carbocycles. The first-order valence-electron chi connectivity index (χ1n) is 5.38. The molecule has 4 nitrogen and oxygen atoms in total. The Hall–Kier alpha value is -1.06. The fourth-order valence-corrected chi connectivity index (χ4v) is 1.42. The smallest absolute Gasteiger partial charge is 0.307 e. The van der Waals surface area contributed by atoms with Crippen molar-refractivity contribution in [1.29, 1.82) is 0 Å². The van der Waals surface area contributed by atoms with Crippen molar-refractivity contribution in [2.75, 3.05) is 20.7 Å². The average molecular weight is 215 g/mol. The Labute approximate surface area is 91.6 Å². The normalized spacial score (nSPS) is 10.2. The number of methoxy groups -OCH3 is 1. The maximum atomic E-state index is 11.8. The van der Waals surface area contributed by atoms with Gasteiger partial charge in [0, 0.05) is 19.5 Å². The number of esters is 1. The molecule has 0 fully saturated rings. The number of rotatable bonds is 6. The lowest BCUT2D eigenvalue weighted by Gasteiger charge is -2.21. The topological polar surface area (TPSA) is 46.6 Å². The van der Waals surface area contributed by atoms with Gasteiger partial charge in [-0.2, -0.15) is 0 Å². The van der Waals surface area contributed by atoms with Crippen molar-refractivity contribution in [3.8, 4) is 0 Å². The summed E-state index contributed by atoms with van der Waals surface area (Å²) in [5.74, 6) is -0.0873. The van der Waals surface area contributed by atoms with Crippen molar-refractivity contribution in [1.82, 2.24) is 4.90 Å². The highest BCUT2D eigenvalue weighted by Crippen LogP contribution is 2.11. The summed E-state index contributed by atoms with van der Waals surface area (Å²) in [6, 6.07) is 0. The fraction of sp³-hybridized carbons (Fsp3) is 0.818. The van der Waals surface area contributed by atoms with E-state index in [2.05, 4.69) is 4.74 Å². The van der Waals surface area contributed by atoms with Crippen LogP contribution in [-0.2, 0) is 14.3 Å². The number of amides is 1. The molecule has 0 spiro atoms. The molecule has 0 unspecified atom stereocenters. The monoisotopic (exact) mass is 215 g/mol. The summed E-state index contributed by atoms with van der Waals surface area (Å²) in [5, 5.41) is 0. The molecule has 0 aliphatic heterocycles. The van der Waals surface area contributed by atoms with E-state index in [1.807, 2.05) is 13.8 Å². The maximum Gasteiger partial charge on any atom is 0.307 e. The quantitative estimate of drug-likeness (QED) is 0.630. The predicted octanol–water partition coefficient (Wildman–Crippen LogP) is 1.44. The van der Waals surface area contributed by atoms with Crippen LogP contribution in [0.3, 0.4) is 0 Å². The second kappa shape index (κ2) is 7.26. The standard InChI is InChI=1S/C11H21NO3/c1-5-9(6-2)11(14)12(3)8-7-10(13)15-4/h9H,5-8H2,1-4H3. The SMILES string of the molecule is CCC(CC)C(=O)N(C)CCC(=O)OC. The minimum absolute atomic E-state index is 0.0765. The van der Waals surface area contributed by atoms with Crippen LogP contribution in [0.1, 0.15) is 33.1 Å². The van der Waals surface area contributed by atoms with Gasteiger partial charge in [-0.3, -0.25) is 9.59 Å². The average Bonchev–Trinajstić information content (AvgIpc) is 2.26. The number of carbonyl (C=O) groups is 2. The summed E-state index contributed by atoms with van der Waals surface area (Å²) in [4.78, 5) is 24.3. The van der Waals surface area contributed by atoms with Crippen LogP contribution in [0.15, 0.2) is 0 Å². The van der Waals surface area contributed by atoms with Crippen molar-refractivity contribution < 1.29 is 14.3 Å². The zero-order chi connectivity index (χ0) is 11.8. The Morgan fingerprint density at radius 2 is 1.80 bits per heavy atom. The van der Waals surface area contributed by atoms with Crippen LogP contribution in [0.5, 0.6) is 0 Å². The van der Waals surface area contributed by atoms with Gasteiger partial charge in [0.2, 0.25) is 5.91 Å². The highest BCUT2D eigenvalue weighted by Gasteiger charge is 2.18. The molecule has 0 rings (SSSR count). The van der Waals surface area contributed by atoms with E-state index in [9.17, 15) is 9.59 Å². The molecule has 0 atom stereocenters. The molecule has 0 aromatic heterocycles. The number of ether oxygens (including phenoxy) is 1. The Kier molecular flexibility index (Phi) is 6.75. The van der Waals surface area contributed by atoms with Gasteiger partial charge in [-0.25, -0.2) is 0 Å². The van der Waals surface area contributed by atoms with E-state index in [4.69, 9.17) is 0 Å². The molecular formula is C11H21NO3. The minimum atomic E-state index is -0.279. The molecule has 88 valence electrons. The summed E-state index contributed by atoms with van der Waals surface area (Å²) in [6.07, 6.45) is 1.95. The fourth-order valence-electron chi connectivity index (χ4n) is 1.42. The van der Waals surface area contributed by atoms with E-state index in [1.54, 1.807) is 11.9 Å². The van der Waals surface area contributed by atoms with Crippen LogP contribution in [0.4, 0.5) is 0 Å². The van der Waals surface area contributed by atoms with E-state index in [1.165, 1.54) is 7.11 Å². The zero-order valence-electron chi connectivity index (χ0n) is 10.1. The third-order valence-corrected chi connectivity index (χ3v) is 2.59. The first-order chi connectivity index (χ1) is 7.06. The summed E-state index contributed by atoms with van der Waals surface area (Å²) in [5.41, 5.74) is 0. The van der Waals surface area contributed by atoms with E-state index >= 15 is 0 Å². The Bertz CT molecular complexity index is 212. The van der Waals surface area contributed by atoms with Crippen molar-refractivity contribution >= 4 is 11.9 Å². The van der Waals surface area contributed by atoms with Crippen LogP contribution in [0.2, 0.25) is 0 Å². The van der Waals surface area contributed by atoms with Gasteiger partial charge in [0.25, 0.3) is 0 Å². The molecule has 0 heterocycles. The lowest BCUT2D eigenvalue weighted by molar-refractivity contribution is -0.142. The second-order valence-electron chi connectivity index (χ2n) is 3.60. The van der Waals surface area contributed by atoms with Gasteiger partial charge >= 0.3 is 5.97 Å². The minimum Gasteiger partial charge on any atom is -0.469 e. The van der Waals surface area contributed by atoms with Gasteiger partial charge in [0.1, 0.15) is 0 Å². The molecule has 0 N–H and O–H groups in total. The number of hydrogen-bond donors (Lipinski definition) is 0. The second-order valence-corrected chi connectivity index (χ2v) is 3.60. The van der Waals surface area contributed by atoms with Gasteiger partial charge in [0.05, 0.1) is 13.5 Å². The van der Waals surface area contributed by atoms with Crippen molar-refractivity contribution in [2.24, 2.45) is 5.92 Å². The van der Waals surface area contributed by atoms with Gasteiger partial charge in [-0.1, -0.05) is 13.8 Å². The molecule has 0 saturated carbocycles. The molecule has 0 radical (unpaired) electrons. The summed E-state index contributed by atoms with van der Waals surface area (Å²) < 4.78 is 4.52. The summed E-state index contributed by atoms with van der Waals surface area (Å²) in [6.45, 7) is 4.43. The van der Waals surface area contributed by atoms with Crippen molar-refractivity contribution in [2.45, 2.75) is 33.1 Å². The highest BCUT2D eigenvalue weighted by atomic mass is 16.5. The summed E-state index contributed by atoms with van der Waals surface area (Å²) >= 11 is 0. The molecule has 15 heavy (non-hydrogen) atoms. The van der Waals surface area contributed by atoms with Gasteiger partial charge < -0.3 is 9.64 Å². The molecule has 0 saturated heterocycles. The molecule has 0 bridgehead atoms. The lowest BCUT2D eigenvalue weighted by Crippen LogP contribution is -2.34. The van der Waals surface area contributed by atoms with E-state index in [-0.39, 0.29) is 24.2 Å². The molecule has 0 aromatic rings. The largest absolute Gasteiger partial charge is 0.469 e. The third-order valence-electron chi connectivity index (χ3n) is 2.59. The van der Waals surface area contributed by atoms with Gasteiger partial charge in [-0.05, 0) is 12.8 Å². The van der Waals surface area contributed by atoms with E-state index < -0.39 is 0 Å². The Balaban J connectivity index is 4.03. The molecule has 0 aliphatic rings. The van der Waals surface area contributed by atoms with E-state index in [0.717, 1.165) is 12.8 Å². The number of hydrogen-bond acceptors (Lipinski definition) is 3. The number of carbonyl (C=O) groups excluding carboxylic acids is 2. The summed E-state index contributed by atoms with van der Waals surface area (Å²) in [7, 11) is 3.08. The predicted molar refractivity (Wildman–Crippen MR) is 58.3 cm³/mol. The van der Waals surface area contributed by atoms with Crippen LogP contribution in [-0.4, -0.2) is 37.5 Å². The molecule has 0 aliphatic carbocycles. The van der Waals surface area contributed by atoms with Crippen LogP contribution in [0, 0.1) is 5.92 Å². The maximum absolute atomic E-state index is 11.8. The van der Waals surface area contributed by atoms with Gasteiger partial charge in [-0.15, -0.1) is 0 Å². The van der Waals surface area contributed by atoms with Crippen LogP contribution < -0.4 is 0 Å². The zero-order valence-corrected chi connectivity index (χ0v) is 10.1. The van der Waals surface area contributed by atoms with Crippen molar-refractivity contribution in [3.05, 3.63) is 0 Å². The molecular weight excluding hydrogens is 194 g/mol. The van der Waals surface area contributed by atoms with E-state index in [0.29, 0.717) is 6.54 Å². The van der Waals surface area contributed by atoms with Crippen molar-refractivity contribution in [3.63, 3.8) is 0 Å². The first-order valence-corrected chi connectivity index (χ1v) is 5.38. The number of nitrogens with zero attached hydrogens (tertiary/aromatic N) is 1. The van der Waals surface area contributed by atoms with Crippen LogP contribution in [0.25, 0.3) is 0 Å². The van der Waals surface area contributed by atoms with Gasteiger partial charge in [0.15, 0.2) is 0 Å². The first kappa shape index (κ1) is 13.9. The lowest BCUT2D eigenvalue weighted by atomic mass is 10.0. The highest BCUT2D eigenvalue weighted by molar-refractivity contribution is 5.79. The molecule has 1 amide bonds.